The lowest BCUT2D eigenvalue weighted by atomic mass is 10.0. The van der Waals surface area contributed by atoms with Crippen molar-refractivity contribution < 1.29 is 14.7 Å². The minimum absolute atomic E-state index is 0.0931. The summed E-state index contributed by atoms with van der Waals surface area (Å²) < 4.78 is 0.805. The number of anilines is 1. The van der Waals surface area contributed by atoms with Gasteiger partial charge >= 0.3 is 5.97 Å². The molecule has 0 fully saturated rings. The van der Waals surface area contributed by atoms with Gasteiger partial charge < -0.3 is 10.4 Å². The molecule has 2 aromatic rings. The number of aromatic carboxylic acids is 1. The fourth-order valence-corrected chi connectivity index (χ4v) is 2.43. The molecule has 0 heterocycles. The lowest BCUT2D eigenvalue weighted by molar-refractivity contribution is -0.117. The summed E-state index contributed by atoms with van der Waals surface area (Å²) in [6.45, 7) is 1.79. The zero-order chi connectivity index (χ0) is 15.4. The molecule has 21 heavy (non-hydrogen) atoms. The van der Waals surface area contributed by atoms with Gasteiger partial charge in [-0.1, -0.05) is 30.3 Å². The molecule has 0 bridgehead atoms. The Morgan fingerprint density at radius 2 is 1.81 bits per heavy atom. The second-order valence-electron chi connectivity index (χ2n) is 4.62. The van der Waals surface area contributed by atoms with Gasteiger partial charge in [-0.3, -0.25) is 4.79 Å². The molecule has 1 amide bonds. The summed E-state index contributed by atoms with van der Waals surface area (Å²) in [4.78, 5) is 23.5. The van der Waals surface area contributed by atoms with E-state index in [2.05, 4.69) is 5.32 Å². The van der Waals surface area contributed by atoms with Crippen molar-refractivity contribution in [3.05, 3.63) is 63.2 Å². The number of carbonyl (C=O) groups excluding carboxylic acids is 1. The molecule has 1 atom stereocenters. The van der Waals surface area contributed by atoms with Gasteiger partial charge in [0.15, 0.2) is 0 Å². The molecule has 0 aromatic heterocycles. The van der Waals surface area contributed by atoms with E-state index in [-0.39, 0.29) is 17.4 Å². The first-order valence-corrected chi connectivity index (χ1v) is 7.45. The van der Waals surface area contributed by atoms with Crippen LogP contribution in [-0.4, -0.2) is 17.0 Å². The van der Waals surface area contributed by atoms with Gasteiger partial charge in [0.1, 0.15) is 0 Å². The summed E-state index contributed by atoms with van der Waals surface area (Å²) in [7, 11) is 0. The summed E-state index contributed by atoms with van der Waals surface area (Å²) in [5, 5.41) is 11.9. The maximum Gasteiger partial charge on any atom is 0.337 e. The first-order chi connectivity index (χ1) is 9.99. The molecule has 0 saturated heterocycles. The molecule has 2 aromatic carbocycles. The van der Waals surface area contributed by atoms with E-state index in [1.54, 1.807) is 19.1 Å². The average Bonchev–Trinajstić information content (AvgIpc) is 2.49. The Labute approximate surface area is 136 Å². The van der Waals surface area contributed by atoms with E-state index in [9.17, 15) is 14.7 Å². The summed E-state index contributed by atoms with van der Waals surface area (Å²) in [5.74, 6) is -1.65. The van der Waals surface area contributed by atoms with E-state index in [1.165, 1.54) is 6.07 Å². The van der Waals surface area contributed by atoms with Gasteiger partial charge in [-0.15, -0.1) is 0 Å². The predicted molar refractivity (Wildman–Crippen MR) is 89.6 cm³/mol. The van der Waals surface area contributed by atoms with Crippen LogP contribution in [0.1, 0.15) is 28.8 Å². The van der Waals surface area contributed by atoms with Crippen LogP contribution in [0.5, 0.6) is 0 Å². The topological polar surface area (TPSA) is 66.4 Å². The van der Waals surface area contributed by atoms with Crippen LogP contribution in [0, 0.1) is 3.57 Å². The van der Waals surface area contributed by atoms with E-state index in [4.69, 9.17) is 0 Å². The molecule has 0 radical (unpaired) electrons. The van der Waals surface area contributed by atoms with Crippen molar-refractivity contribution in [1.29, 1.82) is 0 Å². The summed E-state index contributed by atoms with van der Waals surface area (Å²) in [6, 6.07) is 14.3. The minimum atomic E-state index is -1.06. The zero-order valence-corrected chi connectivity index (χ0v) is 13.5. The Kier molecular flexibility index (Phi) is 4.95. The number of benzene rings is 2. The van der Waals surface area contributed by atoms with Gasteiger partial charge in [0.2, 0.25) is 5.91 Å². The molecule has 2 N–H and O–H groups in total. The highest BCUT2D eigenvalue weighted by Crippen LogP contribution is 2.22. The number of rotatable bonds is 4. The van der Waals surface area contributed by atoms with Crippen LogP contribution < -0.4 is 5.32 Å². The van der Waals surface area contributed by atoms with E-state index in [1.807, 2.05) is 52.9 Å². The van der Waals surface area contributed by atoms with Crippen molar-refractivity contribution >= 4 is 40.2 Å². The number of halogens is 1. The van der Waals surface area contributed by atoms with Gasteiger partial charge in [0, 0.05) is 3.57 Å². The zero-order valence-electron chi connectivity index (χ0n) is 11.3. The first kappa shape index (κ1) is 15.5. The smallest absolute Gasteiger partial charge is 0.337 e. The van der Waals surface area contributed by atoms with Crippen LogP contribution in [0.4, 0.5) is 5.69 Å². The number of hydrogen-bond acceptors (Lipinski definition) is 2. The third kappa shape index (κ3) is 3.81. The second kappa shape index (κ2) is 6.71. The highest BCUT2D eigenvalue weighted by molar-refractivity contribution is 14.1. The number of nitrogens with one attached hydrogen (secondary N) is 1. The fraction of sp³-hybridized carbons (Fsp3) is 0.125. The molecule has 0 spiro atoms. The van der Waals surface area contributed by atoms with Crippen molar-refractivity contribution in [3.8, 4) is 0 Å². The molecule has 108 valence electrons. The van der Waals surface area contributed by atoms with Crippen LogP contribution >= 0.6 is 22.6 Å². The maximum absolute atomic E-state index is 12.3. The van der Waals surface area contributed by atoms with E-state index in [0.29, 0.717) is 5.69 Å². The standard InChI is InChI=1S/C16H14INO3/c1-10(11-5-3-2-4-6-11)15(19)18-14-8-7-12(17)9-13(14)16(20)21/h2-10H,1H3,(H,18,19)(H,20,21). The van der Waals surface area contributed by atoms with Crippen molar-refractivity contribution in [2.24, 2.45) is 0 Å². The molecule has 5 heteroatoms. The average molecular weight is 395 g/mol. The number of carboxylic acids is 1. The van der Waals surface area contributed by atoms with E-state index in [0.717, 1.165) is 9.13 Å². The van der Waals surface area contributed by atoms with Crippen molar-refractivity contribution in [2.75, 3.05) is 5.32 Å². The Balaban J connectivity index is 2.22. The summed E-state index contributed by atoms with van der Waals surface area (Å²) >= 11 is 2.04. The number of carboxylic acid groups (broad SMARTS) is 1. The number of amides is 1. The fourth-order valence-electron chi connectivity index (χ4n) is 1.94. The van der Waals surface area contributed by atoms with Gasteiger partial charge in [0.05, 0.1) is 17.2 Å². The molecule has 0 aliphatic heterocycles. The van der Waals surface area contributed by atoms with Crippen molar-refractivity contribution in [2.45, 2.75) is 12.8 Å². The summed E-state index contributed by atoms with van der Waals surface area (Å²) in [5.41, 5.74) is 1.29. The molecule has 1 unspecified atom stereocenters. The first-order valence-electron chi connectivity index (χ1n) is 6.37. The normalized spacial score (nSPS) is 11.7. The van der Waals surface area contributed by atoms with Gasteiger partial charge in [-0.2, -0.15) is 0 Å². The lowest BCUT2D eigenvalue weighted by Gasteiger charge is -2.14. The second-order valence-corrected chi connectivity index (χ2v) is 5.86. The van der Waals surface area contributed by atoms with E-state index >= 15 is 0 Å². The van der Waals surface area contributed by atoms with Crippen LogP contribution in [0.25, 0.3) is 0 Å². The van der Waals surface area contributed by atoms with Crippen LogP contribution in [-0.2, 0) is 4.79 Å². The molecule has 0 saturated carbocycles. The third-order valence-electron chi connectivity index (χ3n) is 3.16. The molecular formula is C16H14INO3. The van der Waals surface area contributed by atoms with Crippen molar-refractivity contribution in [1.82, 2.24) is 0 Å². The Bertz CT molecular complexity index is 670. The highest BCUT2D eigenvalue weighted by Gasteiger charge is 2.18. The van der Waals surface area contributed by atoms with E-state index < -0.39 is 5.97 Å². The third-order valence-corrected chi connectivity index (χ3v) is 3.83. The van der Waals surface area contributed by atoms with Crippen LogP contribution in [0.15, 0.2) is 48.5 Å². The number of carbonyl (C=O) groups is 2. The molecule has 0 aliphatic rings. The monoisotopic (exact) mass is 395 g/mol. The quantitative estimate of drug-likeness (QED) is 0.776. The molecule has 4 nitrogen and oxygen atoms in total. The lowest BCUT2D eigenvalue weighted by Crippen LogP contribution is -2.20. The minimum Gasteiger partial charge on any atom is -0.478 e. The van der Waals surface area contributed by atoms with Gasteiger partial charge in [-0.05, 0) is 53.3 Å². The largest absolute Gasteiger partial charge is 0.478 e. The van der Waals surface area contributed by atoms with Gasteiger partial charge in [-0.25, -0.2) is 4.79 Å². The highest BCUT2D eigenvalue weighted by atomic mass is 127. The van der Waals surface area contributed by atoms with Crippen LogP contribution in [0.2, 0.25) is 0 Å². The maximum atomic E-state index is 12.3. The van der Waals surface area contributed by atoms with Crippen LogP contribution in [0.3, 0.4) is 0 Å². The summed E-state index contributed by atoms with van der Waals surface area (Å²) in [6.07, 6.45) is 0. The molecule has 0 aliphatic carbocycles. The SMILES string of the molecule is CC(C(=O)Nc1ccc(I)cc1C(=O)O)c1ccccc1. The predicted octanol–water partition coefficient (Wildman–Crippen LogP) is 3.73. The molecular weight excluding hydrogens is 381 g/mol. The van der Waals surface area contributed by atoms with Gasteiger partial charge in [0.25, 0.3) is 0 Å². The molecule has 2 rings (SSSR count). The Morgan fingerprint density at radius 1 is 1.14 bits per heavy atom. The number of hydrogen-bond donors (Lipinski definition) is 2. The van der Waals surface area contributed by atoms with Crippen molar-refractivity contribution in [3.63, 3.8) is 0 Å². The Morgan fingerprint density at radius 3 is 2.43 bits per heavy atom. The Hall–Kier alpha value is -1.89.